The molecule has 3 rings (SSSR count). The Morgan fingerprint density at radius 2 is 1.93 bits per heavy atom. The molecule has 0 amide bonds. The maximum Gasteiger partial charge on any atom is 0.100 e. The average Bonchev–Trinajstić information content (AvgIpc) is 2.74. The van der Waals surface area contributed by atoms with Gasteiger partial charge < -0.3 is 0 Å². The average molecular weight is 193 g/mol. The number of aromatic nitrogens is 2. The number of fused-ring (bicyclic) bond motifs is 1. The molecule has 2 heteroatoms. The summed E-state index contributed by atoms with van der Waals surface area (Å²) in [6.07, 6.45) is 1.84. The van der Waals surface area contributed by atoms with Crippen LogP contribution in [0.25, 0.3) is 16.7 Å². The van der Waals surface area contributed by atoms with Crippen molar-refractivity contribution in [3.8, 4) is 5.69 Å². The Morgan fingerprint density at radius 3 is 2.80 bits per heavy atom. The van der Waals surface area contributed by atoms with Gasteiger partial charge in [0.25, 0.3) is 0 Å². The van der Waals surface area contributed by atoms with E-state index in [2.05, 4.69) is 27.8 Å². The van der Waals surface area contributed by atoms with Gasteiger partial charge in [0.1, 0.15) is 6.33 Å². The first-order valence-corrected chi connectivity index (χ1v) is 4.84. The molecule has 0 bridgehead atoms. The molecule has 0 atom stereocenters. The molecule has 1 heterocycles. The van der Waals surface area contributed by atoms with Crippen LogP contribution in [0.5, 0.6) is 0 Å². The lowest BCUT2D eigenvalue weighted by Crippen LogP contribution is -1.90. The zero-order valence-electron chi connectivity index (χ0n) is 8.09. The summed E-state index contributed by atoms with van der Waals surface area (Å²) >= 11 is 0. The summed E-state index contributed by atoms with van der Waals surface area (Å²) in [7, 11) is 0. The van der Waals surface area contributed by atoms with Crippen LogP contribution >= 0.6 is 0 Å². The van der Waals surface area contributed by atoms with E-state index in [9.17, 15) is 0 Å². The Hall–Kier alpha value is -2.09. The Balaban J connectivity index is 2.28. The Kier molecular flexibility index (Phi) is 1.78. The smallest absolute Gasteiger partial charge is 0.100 e. The third-order valence-electron chi connectivity index (χ3n) is 2.43. The molecule has 2 nitrogen and oxygen atoms in total. The van der Waals surface area contributed by atoms with Gasteiger partial charge in [-0.1, -0.05) is 24.3 Å². The fourth-order valence-corrected chi connectivity index (χ4v) is 1.69. The second kappa shape index (κ2) is 3.24. The summed E-state index contributed by atoms with van der Waals surface area (Å²) in [6, 6.07) is 19.1. The van der Waals surface area contributed by atoms with Gasteiger partial charge in [-0.3, -0.25) is 4.57 Å². The molecule has 0 aliphatic rings. The van der Waals surface area contributed by atoms with E-state index in [4.69, 9.17) is 0 Å². The second-order valence-corrected chi connectivity index (χ2v) is 3.36. The summed E-state index contributed by atoms with van der Waals surface area (Å²) < 4.78 is 2.06. The van der Waals surface area contributed by atoms with Gasteiger partial charge in [-0.15, -0.1) is 0 Å². The number of hydrogen-bond acceptors (Lipinski definition) is 1. The van der Waals surface area contributed by atoms with Crippen LogP contribution in [0, 0.1) is 6.07 Å². The van der Waals surface area contributed by atoms with Crippen LogP contribution in [0.15, 0.2) is 54.9 Å². The van der Waals surface area contributed by atoms with E-state index in [-0.39, 0.29) is 0 Å². The van der Waals surface area contributed by atoms with Crippen LogP contribution in [0.2, 0.25) is 0 Å². The predicted octanol–water partition coefficient (Wildman–Crippen LogP) is 2.83. The molecule has 0 N–H and O–H groups in total. The Labute approximate surface area is 87.8 Å². The highest BCUT2D eigenvalue weighted by Crippen LogP contribution is 2.16. The standard InChI is InChI=1S/C13H9N2/c1-2-6-11(7-3-1)15-10-14-12-8-4-5-9-13(12)15/h1-4,6-10H. The van der Waals surface area contributed by atoms with Crippen molar-refractivity contribution in [1.82, 2.24) is 9.55 Å². The van der Waals surface area contributed by atoms with Crippen molar-refractivity contribution in [3.05, 3.63) is 60.9 Å². The first kappa shape index (κ1) is 8.24. The molecule has 71 valence electrons. The van der Waals surface area contributed by atoms with E-state index < -0.39 is 0 Å². The lowest BCUT2D eigenvalue weighted by molar-refractivity contribution is 1.09. The van der Waals surface area contributed by atoms with Gasteiger partial charge in [0.15, 0.2) is 0 Å². The first-order chi connectivity index (χ1) is 7.45. The molecule has 0 fully saturated rings. The van der Waals surface area contributed by atoms with Gasteiger partial charge in [0.05, 0.1) is 11.0 Å². The van der Waals surface area contributed by atoms with Gasteiger partial charge in [-0.25, -0.2) is 4.98 Å². The van der Waals surface area contributed by atoms with E-state index in [0.717, 1.165) is 16.7 Å². The van der Waals surface area contributed by atoms with Crippen LogP contribution in [0.3, 0.4) is 0 Å². The zero-order valence-corrected chi connectivity index (χ0v) is 8.09. The highest BCUT2D eigenvalue weighted by Gasteiger charge is 2.01. The van der Waals surface area contributed by atoms with Crippen molar-refractivity contribution < 1.29 is 0 Å². The summed E-state index contributed by atoms with van der Waals surface area (Å²) in [5.74, 6) is 0. The van der Waals surface area contributed by atoms with Crippen molar-refractivity contribution in [2.45, 2.75) is 0 Å². The Bertz CT molecular complexity index is 582. The van der Waals surface area contributed by atoms with Crippen LogP contribution in [-0.2, 0) is 0 Å². The lowest BCUT2D eigenvalue weighted by atomic mass is 10.3. The van der Waals surface area contributed by atoms with Crippen molar-refractivity contribution >= 4 is 11.0 Å². The minimum absolute atomic E-state index is 0.998. The van der Waals surface area contributed by atoms with E-state index in [1.165, 1.54) is 0 Å². The van der Waals surface area contributed by atoms with E-state index in [0.29, 0.717) is 0 Å². The lowest BCUT2D eigenvalue weighted by Gasteiger charge is -2.02. The molecule has 0 aliphatic heterocycles. The summed E-state index contributed by atoms with van der Waals surface area (Å²) in [5.41, 5.74) is 3.21. The third-order valence-corrected chi connectivity index (χ3v) is 2.43. The molecular weight excluding hydrogens is 184 g/mol. The number of para-hydroxylation sites is 1. The van der Waals surface area contributed by atoms with Crippen LogP contribution in [-0.4, -0.2) is 9.55 Å². The normalized spacial score (nSPS) is 10.7. The highest BCUT2D eigenvalue weighted by atomic mass is 15.0. The minimum Gasteiger partial charge on any atom is -0.299 e. The molecule has 0 spiro atoms. The fraction of sp³-hybridized carbons (Fsp3) is 0. The quantitative estimate of drug-likeness (QED) is 0.581. The Morgan fingerprint density at radius 1 is 1.07 bits per heavy atom. The van der Waals surface area contributed by atoms with Crippen molar-refractivity contribution in [3.63, 3.8) is 0 Å². The maximum atomic E-state index is 4.34. The van der Waals surface area contributed by atoms with Crippen molar-refractivity contribution in [2.24, 2.45) is 0 Å². The predicted molar refractivity (Wildman–Crippen MR) is 59.9 cm³/mol. The molecular formula is C13H9N2. The largest absolute Gasteiger partial charge is 0.299 e. The summed E-state index contributed by atoms with van der Waals surface area (Å²) in [6.45, 7) is 0. The topological polar surface area (TPSA) is 17.8 Å². The second-order valence-electron chi connectivity index (χ2n) is 3.36. The van der Waals surface area contributed by atoms with Crippen LogP contribution in [0.4, 0.5) is 0 Å². The van der Waals surface area contributed by atoms with E-state index in [1.807, 2.05) is 42.7 Å². The third kappa shape index (κ3) is 1.31. The van der Waals surface area contributed by atoms with Crippen molar-refractivity contribution in [2.75, 3.05) is 0 Å². The van der Waals surface area contributed by atoms with Crippen molar-refractivity contribution in [1.29, 1.82) is 0 Å². The van der Waals surface area contributed by atoms with Gasteiger partial charge in [0.2, 0.25) is 0 Å². The van der Waals surface area contributed by atoms with Gasteiger partial charge in [-0.05, 0) is 30.3 Å². The van der Waals surface area contributed by atoms with Gasteiger partial charge >= 0.3 is 0 Å². The summed E-state index contributed by atoms with van der Waals surface area (Å²) in [4.78, 5) is 4.34. The monoisotopic (exact) mass is 193 g/mol. The molecule has 2 aromatic carbocycles. The summed E-state index contributed by atoms with van der Waals surface area (Å²) in [5, 5.41) is 0. The van der Waals surface area contributed by atoms with Gasteiger partial charge in [0, 0.05) is 5.69 Å². The molecule has 1 aromatic heterocycles. The van der Waals surface area contributed by atoms with E-state index in [1.54, 1.807) is 0 Å². The SMILES string of the molecule is [c]1ccc2ncn(-c3ccccc3)c2c1. The van der Waals surface area contributed by atoms with Crippen LogP contribution in [0.1, 0.15) is 0 Å². The van der Waals surface area contributed by atoms with E-state index >= 15 is 0 Å². The molecule has 3 aromatic rings. The molecule has 0 saturated heterocycles. The number of benzene rings is 2. The molecule has 0 aliphatic carbocycles. The number of nitrogens with zero attached hydrogens (tertiary/aromatic N) is 2. The molecule has 0 unspecified atom stereocenters. The zero-order chi connectivity index (χ0) is 10.1. The first-order valence-electron chi connectivity index (χ1n) is 4.84. The number of rotatable bonds is 1. The molecule has 0 saturated carbocycles. The number of imidazole rings is 1. The molecule has 15 heavy (non-hydrogen) atoms. The maximum absolute atomic E-state index is 4.34. The fourth-order valence-electron chi connectivity index (χ4n) is 1.69. The van der Waals surface area contributed by atoms with Crippen LogP contribution < -0.4 is 0 Å². The number of hydrogen-bond donors (Lipinski definition) is 0. The van der Waals surface area contributed by atoms with Gasteiger partial charge in [-0.2, -0.15) is 0 Å². The highest BCUT2D eigenvalue weighted by molar-refractivity contribution is 5.76. The minimum atomic E-state index is 0.998. The molecule has 1 radical (unpaired) electrons.